The van der Waals surface area contributed by atoms with Crippen LogP contribution in [0.3, 0.4) is 0 Å². The Kier molecular flexibility index (Phi) is 12.6. The Bertz CT molecular complexity index is 1360. The van der Waals surface area contributed by atoms with Gasteiger partial charge < -0.3 is 19.6 Å². The van der Waals surface area contributed by atoms with Gasteiger partial charge in [-0.1, -0.05) is 44.0 Å². The van der Waals surface area contributed by atoms with Crippen molar-refractivity contribution in [1.29, 1.82) is 0 Å². The molecule has 3 aliphatic heterocycles. The number of β-amino-alcohol motifs (C(OH)–C–C–N with tert-alkyl or cyclic N) is 1. The van der Waals surface area contributed by atoms with Crippen molar-refractivity contribution in [2.75, 3.05) is 26.2 Å². The van der Waals surface area contributed by atoms with Gasteiger partial charge in [-0.2, -0.15) is 0 Å². The molecule has 1 saturated carbocycles. The summed E-state index contributed by atoms with van der Waals surface area (Å²) in [5.74, 6) is 1.22. The zero-order valence-corrected chi connectivity index (χ0v) is 29.8. The molecule has 1 aliphatic carbocycles. The number of hydrogen-bond donors (Lipinski definition) is 1. The molecule has 4 aliphatic rings. The van der Waals surface area contributed by atoms with Crippen LogP contribution in [-0.4, -0.2) is 63.9 Å². The molecule has 0 spiro atoms. The largest absolute Gasteiger partial charge is 0.465 e. The molecule has 252 valence electrons. The molecule has 4 heterocycles. The van der Waals surface area contributed by atoms with E-state index in [1.54, 1.807) is 16.9 Å². The van der Waals surface area contributed by atoms with Gasteiger partial charge in [0.15, 0.2) is 0 Å². The number of esters is 1. The maximum Gasteiger partial charge on any atom is 0.308 e. The summed E-state index contributed by atoms with van der Waals surface area (Å²) in [5.41, 5.74) is 5.45. The molecule has 0 amide bonds. The molecule has 1 aromatic rings. The molecular weight excluding hydrogens is 616 g/mol. The second kappa shape index (κ2) is 16.6. The minimum Gasteiger partial charge on any atom is -0.465 e. The first-order chi connectivity index (χ1) is 22.2. The lowest BCUT2D eigenvalue weighted by Gasteiger charge is -2.32. The number of unbranched alkanes of at least 4 members (excludes halogenated alkanes) is 1. The second-order valence-electron chi connectivity index (χ2n) is 13.6. The minimum atomic E-state index is -0.618. The van der Waals surface area contributed by atoms with Crippen molar-refractivity contribution in [3.63, 3.8) is 0 Å². The predicted molar refractivity (Wildman–Crippen MR) is 189 cm³/mol. The van der Waals surface area contributed by atoms with Gasteiger partial charge in [-0.05, 0) is 102 Å². The first-order valence-electron chi connectivity index (χ1n) is 17.6. The first-order valence-corrected chi connectivity index (χ1v) is 18.8. The van der Waals surface area contributed by atoms with Crippen molar-refractivity contribution in [3.8, 4) is 0 Å². The van der Waals surface area contributed by atoms with Gasteiger partial charge in [-0.25, -0.2) is 4.98 Å². The van der Waals surface area contributed by atoms with Gasteiger partial charge >= 0.3 is 5.97 Å². The maximum atomic E-state index is 11.9. The van der Waals surface area contributed by atoms with Crippen molar-refractivity contribution >= 4 is 34.6 Å². The van der Waals surface area contributed by atoms with Crippen LogP contribution in [0.1, 0.15) is 108 Å². The minimum absolute atomic E-state index is 0.00354. The van der Waals surface area contributed by atoms with Gasteiger partial charge in [0.25, 0.3) is 0 Å². The number of aliphatic imine (C=N–C) groups is 1. The van der Waals surface area contributed by atoms with Crippen molar-refractivity contribution in [3.05, 3.63) is 62.5 Å². The zero-order valence-electron chi connectivity index (χ0n) is 28.2. The molecule has 0 radical (unpaired) electrons. The fraction of sp³-hybridized carbons (Fsp3) is 0.649. The van der Waals surface area contributed by atoms with Gasteiger partial charge in [0.2, 0.25) is 0 Å². The van der Waals surface area contributed by atoms with Crippen LogP contribution >= 0.6 is 22.9 Å². The van der Waals surface area contributed by atoms with Crippen LogP contribution in [0.4, 0.5) is 0 Å². The van der Waals surface area contributed by atoms with Gasteiger partial charge in [0.05, 0.1) is 29.0 Å². The Hall–Kier alpha value is -2.42. The van der Waals surface area contributed by atoms with Crippen LogP contribution in [0.15, 0.2) is 57.6 Å². The van der Waals surface area contributed by atoms with E-state index in [1.807, 2.05) is 37.1 Å². The Morgan fingerprint density at radius 3 is 2.87 bits per heavy atom. The topological polar surface area (TPSA) is 78.3 Å². The number of aromatic nitrogens is 1. The van der Waals surface area contributed by atoms with Crippen molar-refractivity contribution in [1.82, 2.24) is 14.8 Å². The lowest BCUT2D eigenvalue weighted by Crippen LogP contribution is -2.34. The SMILES string of the molecule is CCC(C)C(=O)OCCCCC1CCCN(C2=C3CC3C(C)=NC(CCCc3ncc(C(O)CN4C(Cl)=CC=CC4C)s3)=C2)CC1. The lowest BCUT2D eigenvalue weighted by atomic mass is 9.94. The number of fused-ring (bicyclic) bond motifs is 1. The Morgan fingerprint density at radius 2 is 2.07 bits per heavy atom. The van der Waals surface area contributed by atoms with Crippen LogP contribution in [-0.2, 0) is 16.0 Å². The third-order valence-electron chi connectivity index (χ3n) is 10.1. The van der Waals surface area contributed by atoms with E-state index in [1.165, 1.54) is 42.8 Å². The van der Waals surface area contributed by atoms with E-state index in [4.69, 9.17) is 21.3 Å². The number of rotatable bonds is 15. The highest BCUT2D eigenvalue weighted by Gasteiger charge is 2.38. The Balaban J connectivity index is 1.09. The zero-order chi connectivity index (χ0) is 32.6. The van der Waals surface area contributed by atoms with Crippen molar-refractivity contribution in [2.45, 2.75) is 110 Å². The van der Waals surface area contributed by atoms with Crippen LogP contribution in [0.5, 0.6) is 0 Å². The van der Waals surface area contributed by atoms with E-state index < -0.39 is 6.10 Å². The van der Waals surface area contributed by atoms with Crippen LogP contribution in [0.25, 0.3) is 0 Å². The number of ether oxygens (including phenoxy) is 1. The molecule has 46 heavy (non-hydrogen) atoms. The highest BCUT2D eigenvalue weighted by atomic mass is 35.5. The lowest BCUT2D eigenvalue weighted by molar-refractivity contribution is -0.148. The highest BCUT2D eigenvalue weighted by Crippen LogP contribution is 2.45. The summed E-state index contributed by atoms with van der Waals surface area (Å²) in [6, 6.07) is 0.154. The summed E-state index contributed by atoms with van der Waals surface area (Å²) in [6.45, 7) is 11.5. The molecule has 1 saturated heterocycles. The molecule has 1 N–H and O–H groups in total. The summed E-state index contributed by atoms with van der Waals surface area (Å²) in [7, 11) is 0. The monoisotopic (exact) mass is 668 g/mol. The number of carbonyl (C=O) groups is 1. The van der Waals surface area contributed by atoms with Crippen molar-refractivity contribution in [2.24, 2.45) is 22.7 Å². The van der Waals surface area contributed by atoms with Crippen LogP contribution in [0, 0.1) is 17.8 Å². The molecule has 1 aromatic heterocycles. The van der Waals surface area contributed by atoms with E-state index >= 15 is 0 Å². The highest BCUT2D eigenvalue weighted by molar-refractivity contribution is 7.11. The number of carbonyl (C=O) groups excluding carboxylic acids is 1. The van der Waals surface area contributed by atoms with E-state index in [2.05, 4.69) is 35.9 Å². The third kappa shape index (κ3) is 9.35. The number of halogens is 1. The standard InChI is InChI=1S/C37H53ClN4O3S/c1-5-25(2)37(44)45-20-7-6-12-28-13-10-18-41(19-17-28)32-21-29(40-27(4)30-22-31(30)32)14-9-16-36-39-23-34(46-36)33(43)24-42-26(3)11-8-15-35(42)38/h8,11,15,21,23,25-26,28,30,33,43H,5-7,9-10,12-14,16-20,22,24H2,1-4H3. The molecule has 9 heteroatoms. The van der Waals surface area contributed by atoms with Gasteiger partial charge in [0, 0.05) is 48.4 Å². The quantitative estimate of drug-likeness (QED) is 0.115. The molecule has 5 unspecified atom stereocenters. The number of nitrogens with zero attached hydrogens (tertiary/aromatic N) is 4. The summed E-state index contributed by atoms with van der Waals surface area (Å²) in [6.07, 6.45) is 21.3. The van der Waals surface area contributed by atoms with Crippen LogP contribution < -0.4 is 0 Å². The third-order valence-corrected chi connectivity index (χ3v) is 11.6. The summed E-state index contributed by atoms with van der Waals surface area (Å²) >= 11 is 7.99. The molecule has 7 nitrogen and oxygen atoms in total. The number of aliphatic hydroxyl groups excluding tert-OH is 1. The average Bonchev–Trinajstić information content (AvgIpc) is 3.78. The predicted octanol–water partition coefficient (Wildman–Crippen LogP) is 8.33. The van der Waals surface area contributed by atoms with Crippen LogP contribution in [0.2, 0.25) is 0 Å². The second-order valence-corrected chi connectivity index (χ2v) is 15.1. The molecule has 5 atom stereocenters. The number of allylic oxidation sites excluding steroid dienone is 5. The van der Waals surface area contributed by atoms with Gasteiger partial charge in [0.1, 0.15) is 11.3 Å². The number of likely N-dealkylation sites (tertiary alicyclic amines) is 1. The number of aliphatic hydroxyl groups is 1. The van der Waals surface area contributed by atoms with E-state index in [0.29, 0.717) is 24.2 Å². The Morgan fingerprint density at radius 1 is 1.22 bits per heavy atom. The molecular formula is C37H53ClN4O3S. The normalized spacial score (nSPS) is 24.4. The summed E-state index contributed by atoms with van der Waals surface area (Å²) in [4.78, 5) is 27.2. The van der Waals surface area contributed by atoms with E-state index in [0.717, 1.165) is 73.8 Å². The van der Waals surface area contributed by atoms with Gasteiger partial charge in [-0.15, -0.1) is 11.3 Å². The van der Waals surface area contributed by atoms with Gasteiger partial charge in [-0.3, -0.25) is 9.79 Å². The molecule has 2 fully saturated rings. The van der Waals surface area contributed by atoms with Crippen molar-refractivity contribution < 1.29 is 14.6 Å². The summed E-state index contributed by atoms with van der Waals surface area (Å²) in [5, 5.41) is 12.6. The maximum absolute atomic E-state index is 11.9. The first kappa shape index (κ1) is 34.9. The Labute approximate surface area is 285 Å². The fourth-order valence-electron chi connectivity index (χ4n) is 6.80. The summed E-state index contributed by atoms with van der Waals surface area (Å²) < 4.78 is 5.45. The number of thiazole rings is 1. The number of aryl methyl sites for hydroxylation is 1. The molecule has 0 bridgehead atoms. The van der Waals surface area contributed by atoms with E-state index in [-0.39, 0.29) is 17.9 Å². The number of hydrogen-bond acceptors (Lipinski definition) is 8. The fourth-order valence-corrected chi connectivity index (χ4v) is 8.04. The molecule has 0 aromatic carbocycles. The smallest absolute Gasteiger partial charge is 0.308 e. The average molecular weight is 669 g/mol. The molecule has 5 rings (SSSR count). The van der Waals surface area contributed by atoms with E-state index in [9.17, 15) is 9.90 Å².